The normalized spacial score (nSPS) is 12.4. The van der Waals surface area contributed by atoms with Crippen molar-refractivity contribution >= 4 is 17.5 Å². The van der Waals surface area contributed by atoms with Crippen molar-refractivity contribution in [2.75, 3.05) is 0 Å². The highest BCUT2D eigenvalue weighted by Crippen LogP contribution is 2.36. The molecule has 0 fully saturated rings. The third-order valence-corrected chi connectivity index (χ3v) is 6.03. The summed E-state index contributed by atoms with van der Waals surface area (Å²) < 4.78 is 20.1. The fourth-order valence-electron chi connectivity index (χ4n) is 4.08. The van der Waals surface area contributed by atoms with E-state index in [0.717, 1.165) is 22.3 Å². The second-order valence-corrected chi connectivity index (χ2v) is 8.42. The SMILES string of the molecule is N#Cc1cccc(F)c1Oc1cccc2c1C(=O)N(Cc1ccc(-c3ccc(Cl)cc3)cc1)C2. The molecule has 1 aliphatic rings. The topological polar surface area (TPSA) is 53.3 Å². The molecule has 4 aromatic carbocycles. The highest BCUT2D eigenvalue weighted by molar-refractivity contribution is 6.30. The molecule has 0 N–H and O–H groups in total. The molecule has 6 heteroatoms. The Balaban J connectivity index is 1.36. The lowest BCUT2D eigenvalue weighted by atomic mass is 10.0. The van der Waals surface area contributed by atoms with Crippen molar-refractivity contribution in [2.24, 2.45) is 0 Å². The molecule has 4 nitrogen and oxygen atoms in total. The number of para-hydroxylation sites is 1. The van der Waals surface area contributed by atoms with E-state index in [4.69, 9.17) is 16.3 Å². The summed E-state index contributed by atoms with van der Waals surface area (Å²) in [4.78, 5) is 15.0. The number of rotatable bonds is 5. The number of nitrogens with zero attached hydrogens (tertiary/aromatic N) is 2. The molecular formula is C28H18ClFN2O2. The van der Waals surface area contributed by atoms with Crippen LogP contribution in [0.15, 0.2) is 84.9 Å². The van der Waals surface area contributed by atoms with Crippen LogP contribution in [0.5, 0.6) is 11.5 Å². The molecule has 0 spiro atoms. The maximum atomic E-state index is 14.3. The van der Waals surface area contributed by atoms with Gasteiger partial charge in [0.05, 0.1) is 11.1 Å². The number of carbonyl (C=O) groups excluding carboxylic acids is 1. The third-order valence-electron chi connectivity index (χ3n) is 5.78. The summed E-state index contributed by atoms with van der Waals surface area (Å²) >= 11 is 5.97. The Morgan fingerprint density at radius 1 is 0.941 bits per heavy atom. The number of fused-ring (bicyclic) bond motifs is 1. The van der Waals surface area contributed by atoms with Gasteiger partial charge in [-0.15, -0.1) is 0 Å². The number of halogens is 2. The van der Waals surface area contributed by atoms with E-state index in [1.807, 2.05) is 60.7 Å². The van der Waals surface area contributed by atoms with E-state index in [0.29, 0.717) is 23.7 Å². The quantitative estimate of drug-likeness (QED) is 0.318. The van der Waals surface area contributed by atoms with Gasteiger partial charge in [-0.1, -0.05) is 66.2 Å². The van der Waals surface area contributed by atoms with E-state index in [-0.39, 0.29) is 23.0 Å². The van der Waals surface area contributed by atoms with Crippen LogP contribution in [-0.2, 0) is 13.1 Å². The predicted octanol–water partition coefficient (Wildman–Crippen LogP) is 6.97. The number of carbonyl (C=O) groups is 1. The molecule has 1 heterocycles. The molecule has 0 aromatic heterocycles. The van der Waals surface area contributed by atoms with Crippen LogP contribution in [0, 0.1) is 17.1 Å². The van der Waals surface area contributed by atoms with Crippen molar-refractivity contribution in [3.8, 4) is 28.7 Å². The number of hydrogen-bond acceptors (Lipinski definition) is 3. The smallest absolute Gasteiger partial charge is 0.258 e. The van der Waals surface area contributed by atoms with Crippen LogP contribution >= 0.6 is 11.6 Å². The van der Waals surface area contributed by atoms with Crippen molar-refractivity contribution in [3.63, 3.8) is 0 Å². The Labute approximate surface area is 201 Å². The van der Waals surface area contributed by atoms with Crippen LogP contribution in [0.2, 0.25) is 5.02 Å². The maximum Gasteiger partial charge on any atom is 0.258 e. The van der Waals surface area contributed by atoms with Crippen molar-refractivity contribution in [3.05, 3.63) is 118 Å². The second-order valence-electron chi connectivity index (χ2n) is 7.99. The lowest BCUT2D eigenvalue weighted by Gasteiger charge is -2.16. The molecule has 1 aliphatic heterocycles. The van der Waals surface area contributed by atoms with E-state index >= 15 is 0 Å². The summed E-state index contributed by atoms with van der Waals surface area (Å²) in [7, 11) is 0. The van der Waals surface area contributed by atoms with Gasteiger partial charge in [-0.2, -0.15) is 5.26 Å². The molecule has 0 saturated carbocycles. The summed E-state index contributed by atoms with van der Waals surface area (Å²) in [5.41, 5.74) is 4.38. The molecule has 0 atom stereocenters. The first kappa shape index (κ1) is 21.7. The number of amides is 1. The molecule has 166 valence electrons. The Morgan fingerprint density at radius 3 is 2.32 bits per heavy atom. The molecule has 1 amide bonds. The van der Waals surface area contributed by atoms with E-state index in [2.05, 4.69) is 0 Å². The standard InChI is InChI=1S/C28H18ClFN2O2/c29-23-13-11-20(12-14-23)19-9-7-18(8-10-19)16-32-17-22-4-2-6-25(26(22)28(32)33)34-27-21(15-31)3-1-5-24(27)30/h1-14H,16-17H2. The fourth-order valence-corrected chi connectivity index (χ4v) is 4.20. The van der Waals surface area contributed by atoms with Gasteiger partial charge in [-0.3, -0.25) is 4.79 Å². The van der Waals surface area contributed by atoms with Crippen molar-refractivity contribution in [2.45, 2.75) is 13.1 Å². The minimum absolute atomic E-state index is 0.0701. The van der Waals surface area contributed by atoms with Crippen LogP contribution in [0.4, 0.5) is 4.39 Å². The zero-order valence-corrected chi connectivity index (χ0v) is 18.7. The number of ether oxygens (including phenoxy) is 1. The van der Waals surface area contributed by atoms with Crippen molar-refractivity contribution in [1.82, 2.24) is 4.90 Å². The van der Waals surface area contributed by atoms with Crippen molar-refractivity contribution < 1.29 is 13.9 Å². The number of benzene rings is 4. The lowest BCUT2D eigenvalue weighted by molar-refractivity contribution is 0.0765. The Kier molecular flexibility index (Phi) is 5.75. The lowest BCUT2D eigenvalue weighted by Crippen LogP contribution is -2.23. The number of hydrogen-bond donors (Lipinski definition) is 0. The first-order valence-corrected chi connectivity index (χ1v) is 11.0. The number of nitriles is 1. The summed E-state index contributed by atoms with van der Waals surface area (Å²) in [6.07, 6.45) is 0. The van der Waals surface area contributed by atoms with Crippen LogP contribution in [0.25, 0.3) is 11.1 Å². The summed E-state index contributed by atoms with van der Waals surface area (Å²) in [5, 5.41) is 9.99. The van der Waals surface area contributed by atoms with Crippen LogP contribution in [0.1, 0.15) is 27.0 Å². The zero-order valence-electron chi connectivity index (χ0n) is 18.0. The largest absolute Gasteiger partial charge is 0.452 e. The molecule has 0 unspecified atom stereocenters. The first-order chi connectivity index (χ1) is 16.5. The van der Waals surface area contributed by atoms with Gasteiger partial charge in [0, 0.05) is 18.1 Å². The van der Waals surface area contributed by atoms with Gasteiger partial charge in [0.1, 0.15) is 11.8 Å². The van der Waals surface area contributed by atoms with Gasteiger partial charge < -0.3 is 9.64 Å². The minimum Gasteiger partial charge on any atom is -0.452 e. The maximum absolute atomic E-state index is 14.3. The van der Waals surface area contributed by atoms with E-state index in [1.54, 1.807) is 17.0 Å². The fraction of sp³-hybridized carbons (Fsp3) is 0.0714. The predicted molar refractivity (Wildman–Crippen MR) is 128 cm³/mol. The molecule has 4 aromatic rings. The van der Waals surface area contributed by atoms with Gasteiger partial charge in [0.2, 0.25) is 0 Å². The third kappa shape index (κ3) is 4.12. The van der Waals surface area contributed by atoms with E-state index < -0.39 is 5.82 Å². The Bertz CT molecular complexity index is 1430. The van der Waals surface area contributed by atoms with Gasteiger partial charge in [-0.25, -0.2) is 4.39 Å². The molecule has 34 heavy (non-hydrogen) atoms. The van der Waals surface area contributed by atoms with Gasteiger partial charge in [0.25, 0.3) is 5.91 Å². The summed E-state index contributed by atoms with van der Waals surface area (Å²) in [6.45, 7) is 0.851. The van der Waals surface area contributed by atoms with Crippen LogP contribution < -0.4 is 4.74 Å². The Morgan fingerprint density at radius 2 is 1.62 bits per heavy atom. The zero-order chi connectivity index (χ0) is 23.7. The summed E-state index contributed by atoms with van der Waals surface area (Å²) in [5.74, 6) is -0.783. The minimum atomic E-state index is -0.653. The van der Waals surface area contributed by atoms with Gasteiger partial charge >= 0.3 is 0 Å². The second kappa shape index (κ2) is 9.01. The average molecular weight is 469 g/mol. The monoisotopic (exact) mass is 468 g/mol. The van der Waals surface area contributed by atoms with E-state index in [1.165, 1.54) is 18.2 Å². The molecular weight excluding hydrogens is 451 g/mol. The highest BCUT2D eigenvalue weighted by atomic mass is 35.5. The Hall–Kier alpha value is -4.14. The van der Waals surface area contributed by atoms with Crippen molar-refractivity contribution in [1.29, 1.82) is 5.26 Å². The first-order valence-electron chi connectivity index (χ1n) is 10.7. The van der Waals surface area contributed by atoms with Gasteiger partial charge in [0.15, 0.2) is 11.6 Å². The van der Waals surface area contributed by atoms with Crippen LogP contribution in [-0.4, -0.2) is 10.8 Å². The van der Waals surface area contributed by atoms with Crippen LogP contribution in [0.3, 0.4) is 0 Å². The average Bonchev–Trinajstić information content (AvgIpc) is 3.17. The molecule has 0 radical (unpaired) electrons. The highest BCUT2D eigenvalue weighted by Gasteiger charge is 2.31. The van der Waals surface area contributed by atoms with E-state index in [9.17, 15) is 14.4 Å². The molecule has 0 bridgehead atoms. The van der Waals surface area contributed by atoms with Gasteiger partial charge in [-0.05, 0) is 52.6 Å². The molecule has 0 aliphatic carbocycles. The molecule has 5 rings (SSSR count). The summed E-state index contributed by atoms with van der Waals surface area (Å²) in [6, 6.07) is 27.0. The molecule has 0 saturated heterocycles.